The van der Waals surface area contributed by atoms with Gasteiger partial charge in [-0.3, -0.25) is 9.59 Å². The number of phenolic OH excluding ortho intramolecular Hbond substituents is 1. The van der Waals surface area contributed by atoms with Gasteiger partial charge < -0.3 is 15.2 Å². The van der Waals surface area contributed by atoms with Crippen molar-refractivity contribution in [3.63, 3.8) is 0 Å². The SMILES string of the molecule is O=C(Nc1cccc(COc2ccccc2)c1)c1cc(C(=O)c2cccc3ccccc23)ccc1O. The second-order valence-corrected chi connectivity index (χ2v) is 8.34. The van der Waals surface area contributed by atoms with Gasteiger partial charge in [0.05, 0.1) is 5.56 Å². The number of amides is 1. The second-order valence-electron chi connectivity index (χ2n) is 8.34. The van der Waals surface area contributed by atoms with Crippen LogP contribution in [0.25, 0.3) is 10.8 Å². The highest BCUT2D eigenvalue weighted by atomic mass is 16.5. The van der Waals surface area contributed by atoms with Crippen LogP contribution in [0.3, 0.4) is 0 Å². The minimum absolute atomic E-state index is 0.0204. The first-order valence-corrected chi connectivity index (χ1v) is 11.5. The van der Waals surface area contributed by atoms with Crippen LogP contribution in [0.4, 0.5) is 5.69 Å². The van der Waals surface area contributed by atoms with Gasteiger partial charge in [0.25, 0.3) is 5.91 Å². The van der Waals surface area contributed by atoms with Crippen LogP contribution < -0.4 is 10.1 Å². The molecule has 1 amide bonds. The lowest BCUT2D eigenvalue weighted by Gasteiger charge is -2.11. The van der Waals surface area contributed by atoms with Crippen molar-refractivity contribution < 1.29 is 19.4 Å². The number of carbonyl (C=O) groups excluding carboxylic acids is 2. The molecule has 0 aliphatic carbocycles. The molecule has 0 radical (unpaired) electrons. The predicted molar refractivity (Wildman–Crippen MR) is 141 cm³/mol. The Morgan fingerprint density at radius 1 is 0.722 bits per heavy atom. The maximum Gasteiger partial charge on any atom is 0.259 e. The van der Waals surface area contributed by atoms with Gasteiger partial charge in [-0.1, -0.05) is 72.8 Å². The van der Waals surface area contributed by atoms with Gasteiger partial charge in [0.15, 0.2) is 5.78 Å². The van der Waals surface area contributed by atoms with Crippen molar-refractivity contribution >= 4 is 28.2 Å². The first-order chi connectivity index (χ1) is 17.6. The fourth-order valence-corrected chi connectivity index (χ4v) is 4.06. The molecule has 5 heteroatoms. The van der Waals surface area contributed by atoms with E-state index in [1.807, 2.05) is 84.9 Å². The van der Waals surface area contributed by atoms with Crippen molar-refractivity contribution in [3.8, 4) is 11.5 Å². The van der Waals surface area contributed by atoms with Crippen molar-refractivity contribution in [1.29, 1.82) is 0 Å². The van der Waals surface area contributed by atoms with Crippen LogP contribution in [0, 0.1) is 0 Å². The van der Waals surface area contributed by atoms with Crippen molar-refractivity contribution in [3.05, 3.63) is 138 Å². The largest absolute Gasteiger partial charge is 0.507 e. The van der Waals surface area contributed by atoms with E-state index in [1.54, 1.807) is 12.1 Å². The highest BCUT2D eigenvalue weighted by Crippen LogP contribution is 2.25. The van der Waals surface area contributed by atoms with Crippen LogP contribution in [0.5, 0.6) is 11.5 Å². The molecule has 0 heterocycles. The molecule has 0 saturated heterocycles. The molecule has 2 N–H and O–H groups in total. The number of carbonyl (C=O) groups is 2. The fourth-order valence-electron chi connectivity index (χ4n) is 4.06. The van der Waals surface area contributed by atoms with E-state index in [0.717, 1.165) is 22.1 Å². The van der Waals surface area contributed by atoms with Gasteiger partial charge in [0.1, 0.15) is 18.1 Å². The van der Waals surface area contributed by atoms with Crippen LogP contribution in [-0.2, 0) is 6.61 Å². The Morgan fingerprint density at radius 2 is 1.47 bits per heavy atom. The van der Waals surface area contributed by atoms with Crippen molar-refractivity contribution in [2.45, 2.75) is 6.61 Å². The summed E-state index contributed by atoms with van der Waals surface area (Å²) in [4.78, 5) is 26.3. The molecule has 0 aliphatic heterocycles. The minimum Gasteiger partial charge on any atom is -0.507 e. The molecule has 5 aromatic rings. The van der Waals surface area contributed by atoms with Gasteiger partial charge in [-0.2, -0.15) is 0 Å². The number of fused-ring (bicyclic) bond motifs is 1. The molecular formula is C31H23NO4. The van der Waals surface area contributed by atoms with E-state index in [4.69, 9.17) is 4.74 Å². The molecule has 0 unspecified atom stereocenters. The summed E-state index contributed by atoms with van der Waals surface area (Å²) in [5.41, 5.74) is 2.31. The summed E-state index contributed by atoms with van der Waals surface area (Å²) in [7, 11) is 0. The van der Waals surface area contributed by atoms with Crippen LogP contribution in [0.1, 0.15) is 31.8 Å². The number of benzene rings is 5. The first kappa shape index (κ1) is 22.9. The normalized spacial score (nSPS) is 10.7. The standard InChI is InChI=1S/C31H23NO4/c33-29-17-16-23(30(34)27-15-7-10-22-9-4-5-14-26(22)27)19-28(29)31(35)32-24-11-6-8-21(18-24)20-36-25-12-2-1-3-13-25/h1-19,33H,20H2,(H,32,35). The number of hydrogen-bond donors (Lipinski definition) is 2. The molecule has 0 atom stereocenters. The van der Waals surface area contributed by atoms with Crippen LogP contribution in [0.2, 0.25) is 0 Å². The molecule has 176 valence electrons. The Bertz CT molecular complexity index is 1550. The summed E-state index contributed by atoms with van der Waals surface area (Å²) < 4.78 is 5.78. The third-order valence-electron chi connectivity index (χ3n) is 5.87. The van der Waals surface area contributed by atoms with E-state index < -0.39 is 5.91 Å². The van der Waals surface area contributed by atoms with E-state index in [-0.39, 0.29) is 17.1 Å². The molecule has 5 rings (SSSR count). The van der Waals surface area contributed by atoms with Gasteiger partial charge in [-0.15, -0.1) is 0 Å². The molecule has 0 saturated carbocycles. The number of nitrogens with one attached hydrogen (secondary N) is 1. The van der Waals surface area contributed by atoms with E-state index in [9.17, 15) is 14.7 Å². The monoisotopic (exact) mass is 473 g/mol. The lowest BCUT2D eigenvalue weighted by atomic mass is 9.96. The van der Waals surface area contributed by atoms with E-state index in [1.165, 1.54) is 18.2 Å². The number of ether oxygens (including phenoxy) is 1. The molecule has 5 aromatic carbocycles. The highest BCUT2D eigenvalue weighted by Gasteiger charge is 2.18. The molecular weight excluding hydrogens is 450 g/mol. The summed E-state index contributed by atoms with van der Waals surface area (Å²) in [5.74, 6) is -0.183. The first-order valence-electron chi connectivity index (χ1n) is 11.5. The van der Waals surface area contributed by atoms with E-state index in [0.29, 0.717) is 23.4 Å². The topological polar surface area (TPSA) is 75.6 Å². The predicted octanol–water partition coefficient (Wildman–Crippen LogP) is 6.61. The molecule has 0 fully saturated rings. The summed E-state index contributed by atoms with van der Waals surface area (Å²) in [6, 6.07) is 34.3. The lowest BCUT2D eigenvalue weighted by Crippen LogP contribution is -2.14. The Kier molecular flexibility index (Phi) is 6.45. The molecule has 0 bridgehead atoms. The fraction of sp³-hybridized carbons (Fsp3) is 0.0323. The third kappa shape index (κ3) is 4.95. The Morgan fingerprint density at radius 3 is 2.33 bits per heavy atom. The Hall–Kier alpha value is -4.90. The number of rotatable bonds is 7. The zero-order chi connectivity index (χ0) is 24.9. The minimum atomic E-state index is -0.513. The quantitative estimate of drug-likeness (QED) is 0.261. The summed E-state index contributed by atoms with van der Waals surface area (Å²) in [6.45, 7) is 0.341. The van der Waals surface area contributed by atoms with Gasteiger partial charge >= 0.3 is 0 Å². The number of anilines is 1. The van der Waals surface area contributed by atoms with E-state index >= 15 is 0 Å². The maximum absolute atomic E-state index is 13.3. The van der Waals surface area contributed by atoms with Crippen molar-refractivity contribution in [2.75, 3.05) is 5.32 Å². The highest BCUT2D eigenvalue weighted by molar-refractivity contribution is 6.17. The number of aromatic hydroxyl groups is 1. The van der Waals surface area contributed by atoms with Crippen LogP contribution >= 0.6 is 0 Å². The van der Waals surface area contributed by atoms with Gasteiger partial charge in [-0.25, -0.2) is 0 Å². The summed E-state index contributed by atoms with van der Waals surface area (Å²) in [6.07, 6.45) is 0. The Balaban J connectivity index is 1.35. The van der Waals surface area contributed by atoms with Crippen LogP contribution in [0.15, 0.2) is 115 Å². The lowest BCUT2D eigenvalue weighted by molar-refractivity contribution is 0.102. The molecule has 36 heavy (non-hydrogen) atoms. The number of phenols is 1. The van der Waals surface area contributed by atoms with Crippen molar-refractivity contribution in [1.82, 2.24) is 0 Å². The zero-order valence-corrected chi connectivity index (χ0v) is 19.3. The van der Waals surface area contributed by atoms with E-state index in [2.05, 4.69) is 5.32 Å². The van der Waals surface area contributed by atoms with Gasteiger partial charge in [-0.05, 0) is 58.8 Å². The van der Waals surface area contributed by atoms with Gasteiger partial charge in [0, 0.05) is 16.8 Å². The number of para-hydroxylation sites is 1. The zero-order valence-electron chi connectivity index (χ0n) is 19.3. The molecule has 0 aliphatic rings. The Labute approximate surface area is 208 Å². The third-order valence-corrected chi connectivity index (χ3v) is 5.87. The molecule has 0 spiro atoms. The molecule has 0 aromatic heterocycles. The van der Waals surface area contributed by atoms with Crippen molar-refractivity contribution in [2.24, 2.45) is 0 Å². The molecule has 5 nitrogen and oxygen atoms in total. The smallest absolute Gasteiger partial charge is 0.259 e. The summed E-state index contributed by atoms with van der Waals surface area (Å²) >= 11 is 0. The second kappa shape index (κ2) is 10.2. The van der Waals surface area contributed by atoms with Gasteiger partial charge in [0.2, 0.25) is 0 Å². The number of hydrogen-bond acceptors (Lipinski definition) is 4. The summed E-state index contributed by atoms with van der Waals surface area (Å²) in [5, 5.41) is 15.0. The average Bonchev–Trinajstić information content (AvgIpc) is 2.92. The van der Waals surface area contributed by atoms with Crippen LogP contribution in [-0.4, -0.2) is 16.8 Å². The average molecular weight is 474 g/mol. The number of ketones is 1. The maximum atomic E-state index is 13.3.